The molecule has 6 aromatic rings. The highest BCUT2D eigenvalue weighted by atomic mass is 35.5. The van der Waals surface area contributed by atoms with Crippen LogP contribution in [-0.4, -0.2) is 37.1 Å². The van der Waals surface area contributed by atoms with E-state index in [0.29, 0.717) is 23.0 Å². The number of nitrogens with zero attached hydrogens (tertiary/aromatic N) is 4. The molecule has 0 unspecified atom stereocenters. The fourth-order valence-electron chi connectivity index (χ4n) is 5.59. The predicted molar refractivity (Wildman–Crippen MR) is 162 cm³/mol. The van der Waals surface area contributed by atoms with Gasteiger partial charge in [-0.1, -0.05) is 60.1 Å². The van der Waals surface area contributed by atoms with E-state index in [2.05, 4.69) is 40.8 Å². The van der Waals surface area contributed by atoms with Crippen LogP contribution < -0.4 is 5.48 Å². The van der Waals surface area contributed by atoms with Gasteiger partial charge in [0.15, 0.2) is 5.15 Å². The summed E-state index contributed by atoms with van der Waals surface area (Å²) in [6, 6.07) is 26.9. The molecule has 0 amide bonds. The molecule has 0 saturated heterocycles. The zero-order valence-corrected chi connectivity index (χ0v) is 23.2. The van der Waals surface area contributed by atoms with Gasteiger partial charge in [0.25, 0.3) is 0 Å². The zero-order valence-electron chi connectivity index (χ0n) is 22.4. The molecule has 2 N–H and O–H groups in total. The maximum Gasteiger partial charge on any atom is 0.338 e. The summed E-state index contributed by atoms with van der Waals surface area (Å²) >= 11 is 6.64. The average Bonchev–Trinajstić information content (AvgIpc) is 3.40. The number of carbonyl (C=O) groups is 1. The van der Waals surface area contributed by atoms with Crippen molar-refractivity contribution in [2.75, 3.05) is 12.1 Å². The number of hydrogen-bond donors (Lipinski definition) is 2. The van der Waals surface area contributed by atoms with Gasteiger partial charge in [0.05, 0.1) is 34.8 Å². The van der Waals surface area contributed by atoms with Crippen LogP contribution in [0.1, 0.15) is 34.9 Å². The molecule has 7 rings (SSSR count). The molecule has 3 heterocycles. The quantitative estimate of drug-likeness (QED) is 0.151. The Balaban J connectivity index is 1.13. The molecule has 3 aromatic heterocycles. The summed E-state index contributed by atoms with van der Waals surface area (Å²) in [5.74, 6) is 0.984. The summed E-state index contributed by atoms with van der Waals surface area (Å²) in [7, 11) is 0. The lowest BCUT2D eigenvalue weighted by atomic mass is 9.75. The lowest BCUT2D eigenvalue weighted by Crippen LogP contribution is -2.28. The van der Waals surface area contributed by atoms with E-state index in [9.17, 15) is 4.79 Å². The fourth-order valence-corrected chi connectivity index (χ4v) is 5.83. The Morgan fingerprint density at radius 3 is 2.55 bits per heavy atom. The normalized spacial score (nSPS) is 16.3. The van der Waals surface area contributed by atoms with Crippen LogP contribution in [0.4, 0.5) is 5.69 Å². The molecule has 1 aliphatic carbocycles. The predicted octanol–water partition coefficient (Wildman–Crippen LogP) is 7.42. The monoisotopic (exact) mass is 575 g/mol. The van der Waals surface area contributed by atoms with E-state index < -0.39 is 0 Å². The van der Waals surface area contributed by atoms with Gasteiger partial charge in [-0.15, -0.1) is 0 Å². The summed E-state index contributed by atoms with van der Waals surface area (Å²) in [6.45, 7) is 0.341. The molecule has 9 heteroatoms. The minimum atomic E-state index is -0.380. The van der Waals surface area contributed by atoms with Crippen molar-refractivity contribution in [3.05, 3.63) is 114 Å². The van der Waals surface area contributed by atoms with Crippen molar-refractivity contribution in [3.8, 4) is 22.5 Å². The van der Waals surface area contributed by atoms with Crippen molar-refractivity contribution < 1.29 is 14.7 Å². The second-order valence-electron chi connectivity index (χ2n) is 10.5. The SMILES string of the molecule is O=C(OC[C@H]1C[C@@H](c2nc(-c3ccc4ccc(-c5ccccc5)nc4c3)c3c(Cl)nccn32)C1)c1ccc(NO)cc1. The number of hydrogen-bond acceptors (Lipinski definition) is 7. The number of anilines is 1. The van der Waals surface area contributed by atoms with Gasteiger partial charge in [-0.25, -0.2) is 19.7 Å². The van der Waals surface area contributed by atoms with E-state index in [4.69, 9.17) is 31.5 Å². The van der Waals surface area contributed by atoms with E-state index in [-0.39, 0.29) is 17.8 Å². The molecule has 0 aliphatic heterocycles. The first-order valence-corrected chi connectivity index (χ1v) is 14.1. The molecule has 42 heavy (non-hydrogen) atoms. The highest BCUT2D eigenvalue weighted by Crippen LogP contribution is 2.43. The third-order valence-electron chi connectivity index (χ3n) is 7.87. The number of fused-ring (bicyclic) bond motifs is 2. The number of carbonyl (C=O) groups excluding carboxylic acids is 1. The summed E-state index contributed by atoms with van der Waals surface area (Å²) < 4.78 is 7.60. The first kappa shape index (κ1) is 26.1. The van der Waals surface area contributed by atoms with Crippen LogP contribution in [0.2, 0.25) is 5.15 Å². The molecule has 0 bridgehead atoms. The van der Waals surface area contributed by atoms with Gasteiger partial charge in [0.1, 0.15) is 11.3 Å². The van der Waals surface area contributed by atoms with Gasteiger partial charge < -0.3 is 4.74 Å². The van der Waals surface area contributed by atoms with Crippen LogP contribution in [0.5, 0.6) is 0 Å². The number of pyridine rings is 1. The highest BCUT2D eigenvalue weighted by Gasteiger charge is 2.35. The van der Waals surface area contributed by atoms with Crippen LogP contribution in [0.15, 0.2) is 97.3 Å². The minimum absolute atomic E-state index is 0.201. The number of esters is 1. The molecule has 0 atom stereocenters. The van der Waals surface area contributed by atoms with Crippen molar-refractivity contribution in [2.24, 2.45) is 5.92 Å². The molecular weight excluding hydrogens is 550 g/mol. The van der Waals surface area contributed by atoms with Gasteiger partial charge in [-0.05, 0) is 55.2 Å². The van der Waals surface area contributed by atoms with Gasteiger partial charge in [0, 0.05) is 34.8 Å². The standard InChI is InChI=1S/C33H26ClN5O3/c34-31-30-29(24-7-6-22-10-13-27(36-28(22)18-24)21-4-2-1-3-5-21)37-32(39(30)15-14-35-31)25-16-20(17-25)19-42-33(40)23-8-11-26(38-41)12-9-23/h1-15,18,20,25,38,41H,16-17,19H2/t20-,25+. The summed E-state index contributed by atoms with van der Waals surface area (Å²) in [5.41, 5.74) is 8.31. The first-order valence-electron chi connectivity index (χ1n) is 13.7. The largest absolute Gasteiger partial charge is 0.462 e. The van der Waals surface area contributed by atoms with Crippen molar-refractivity contribution in [1.82, 2.24) is 19.4 Å². The van der Waals surface area contributed by atoms with E-state index in [1.807, 2.05) is 40.9 Å². The molecule has 1 fully saturated rings. The third kappa shape index (κ3) is 4.85. The fraction of sp³-hybridized carbons (Fsp3) is 0.152. The van der Waals surface area contributed by atoms with Crippen LogP contribution in [0.25, 0.3) is 38.9 Å². The Labute approximate surface area is 246 Å². The van der Waals surface area contributed by atoms with Crippen LogP contribution in [0.3, 0.4) is 0 Å². The molecule has 8 nitrogen and oxygen atoms in total. The Kier molecular flexibility index (Phi) is 6.77. The Hall–Kier alpha value is -4.79. The lowest BCUT2D eigenvalue weighted by Gasteiger charge is -2.34. The van der Waals surface area contributed by atoms with Gasteiger partial charge in [-0.3, -0.25) is 15.1 Å². The van der Waals surface area contributed by atoms with Crippen LogP contribution in [0, 0.1) is 5.92 Å². The summed E-state index contributed by atoms with van der Waals surface area (Å²) in [6.07, 6.45) is 5.28. The van der Waals surface area contributed by atoms with Gasteiger partial charge >= 0.3 is 5.97 Å². The number of benzene rings is 3. The van der Waals surface area contributed by atoms with Crippen LogP contribution in [-0.2, 0) is 4.74 Å². The summed E-state index contributed by atoms with van der Waals surface area (Å²) in [4.78, 5) is 26.8. The Bertz CT molecular complexity index is 1920. The van der Waals surface area contributed by atoms with Crippen molar-refractivity contribution in [1.29, 1.82) is 0 Å². The number of ether oxygens (including phenoxy) is 1. The van der Waals surface area contributed by atoms with Crippen LogP contribution >= 0.6 is 11.6 Å². The smallest absolute Gasteiger partial charge is 0.338 e. The van der Waals surface area contributed by atoms with Gasteiger partial charge in [-0.2, -0.15) is 0 Å². The Morgan fingerprint density at radius 1 is 0.976 bits per heavy atom. The Morgan fingerprint density at radius 2 is 1.76 bits per heavy atom. The second-order valence-corrected chi connectivity index (χ2v) is 10.9. The number of imidazole rings is 1. The van der Waals surface area contributed by atoms with E-state index in [1.165, 1.54) is 0 Å². The number of halogens is 1. The number of nitrogens with one attached hydrogen (secondary N) is 1. The molecule has 1 aliphatic rings. The molecule has 1 saturated carbocycles. The topological polar surface area (TPSA) is 102 Å². The van der Waals surface area contributed by atoms with E-state index in [0.717, 1.165) is 57.6 Å². The molecular formula is C33H26ClN5O3. The molecule has 0 radical (unpaired) electrons. The second kappa shape index (κ2) is 10.9. The van der Waals surface area contributed by atoms with E-state index in [1.54, 1.807) is 30.5 Å². The minimum Gasteiger partial charge on any atom is -0.462 e. The third-order valence-corrected chi connectivity index (χ3v) is 8.15. The molecule has 3 aromatic carbocycles. The average molecular weight is 576 g/mol. The van der Waals surface area contributed by atoms with Crippen molar-refractivity contribution in [2.45, 2.75) is 18.8 Å². The molecule has 0 spiro atoms. The number of aromatic nitrogens is 4. The van der Waals surface area contributed by atoms with Crippen molar-refractivity contribution >= 4 is 39.7 Å². The maximum absolute atomic E-state index is 12.5. The lowest BCUT2D eigenvalue weighted by molar-refractivity contribution is 0.0341. The highest BCUT2D eigenvalue weighted by molar-refractivity contribution is 6.33. The zero-order chi connectivity index (χ0) is 28.6. The number of rotatable bonds is 7. The van der Waals surface area contributed by atoms with Gasteiger partial charge in [0.2, 0.25) is 0 Å². The first-order chi connectivity index (χ1) is 20.6. The maximum atomic E-state index is 12.5. The van der Waals surface area contributed by atoms with E-state index >= 15 is 0 Å². The van der Waals surface area contributed by atoms with Crippen molar-refractivity contribution in [3.63, 3.8) is 0 Å². The molecule has 208 valence electrons. The summed E-state index contributed by atoms with van der Waals surface area (Å²) in [5, 5.41) is 10.4.